The van der Waals surface area contributed by atoms with Gasteiger partial charge in [0, 0.05) is 29.4 Å². The SMILES string of the molecule is CC(C)(ON=C(C(=O)N[C@@H]1C(=O)N2C(C(=O)[O-])=C(C[n+]3ccc4n3CCCN4C=O)CS[C@H]12)c1nsc(N)n1)C(=O)O. The maximum absolute atomic E-state index is 13.2. The zero-order chi connectivity index (χ0) is 30.3. The van der Waals surface area contributed by atoms with Crippen molar-refractivity contribution >= 4 is 70.1 Å². The molecule has 5 heterocycles. The molecule has 0 aliphatic carbocycles. The Labute approximate surface area is 245 Å². The fourth-order valence-corrected chi connectivity index (χ4v) is 6.37. The van der Waals surface area contributed by atoms with Gasteiger partial charge in [0.15, 0.2) is 23.7 Å². The molecule has 222 valence electrons. The number of hydrogen-bond donors (Lipinski definition) is 3. The number of carboxylic acid groups (broad SMARTS) is 2. The minimum Gasteiger partial charge on any atom is -0.543 e. The van der Waals surface area contributed by atoms with E-state index < -0.39 is 46.5 Å². The highest BCUT2D eigenvalue weighted by Gasteiger charge is 2.53. The number of nitrogens with one attached hydrogen (secondary N) is 1. The molecule has 1 saturated heterocycles. The average Bonchev–Trinajstić information content (AvgIpc) is 3.57. The number of hydrogen-bond acceptors (Lipinski definition) is 13. The van der Waals surface area contributed by atoms with E-state index in [-0.39, 0.29) is 29.0 Å². The first kappa shape index (κ1) is 29.0. The van der Waals surface area contributed by atoms with Gasteiger partial charge in [0.05, 0.1) is 24.3 Å². The van der Waals surface area contributed by atoms with Crippen molar-refractivity contribution in [2.75, 3.05) is 22.9 Å². The number of fused-ring (bicyclic) bond motifs is 2. The minimum absolute atomic E-state index is 0.00832. The summed E-state index contributed by atoms with van der Waals surface area (Å²) >= 11 is 2.01. The van der Waals surface area contributed by atoms with Crippen LogP contribution in [0.15, 0.2) is 28.7 Å². The lowest BCUT2D eigenvalue weighted by Gasteiger charge is -2.50. The summed E-state index contributed by atoms with van der Waals surface area (Å²) in [5.74, 6) is -3.87. The van der Waals surface area contributed by atoms with Crippen molar-refractivity contribution in [1.82, 2.24) is 24.3 Å². The predicted octanol–water partition coefficient (Wildman–Crippen LogP) is -2.74. The van der Waals surface area contributed by atoms with Crippen molar-refractivity contribution in [1.29, 1.82) is 0 Å². The Morgan fingerprint density at radius 1 is 1.38 bits per heavy atom. The molecule has 17 nitrogen and oxygen atoms in total. The molecule has 42 heavy (non-hydrogen) atoms. The number of rotatable bonds is 10. The molecule has 1 fully saturated rings. The molecular weight excluding hydrogens is 594 g/mol. The fourth-order valence-electron chi connectivity index (χ4n) is 4.60. The summed E-state index contributed by atoms with van der Waals surface area (Å²) in [5.41, 5.74) is 3.45. The topological polar surface area (TPSA) is 229 Å². The van der Waals surface area contributed by atoms with Crippen LogP contribution in [0.25, 0.3) is 0 Å². The monoisotopic (exact) mass is 619 g/mol. The first-order valence-electron chi connectivity index (χ1n) is 12.5. The predicted molar refractivity (Wildman–Crippen MR) is 143 cm³/mol. The third kappa shape index (κ3) is 5.15. The first-order chi connectivity index (χ1) is 19.9. The lowest BCUT2D eigenvalue weighted by Crippen LogP contribution is -2.71. The Morgan fingerprint density at radius 3 is 2.79 bits per heavy atom. The number of thioether (sulfide) groups is 1. The Hall–Kier alpha value is -4.52. The molecule has 0 saturated carbocycles. The number of aromatic nitrogens is 4. The van der Waals surface area contributed by atoms with Crippen LogP contribution >= 0.6 is 23.3 Å². The second kappa shape index (κ2) is 11.0. The lowest BCUT2D eigenvalue weighted by atomic mass is 10.0. The van der Waals surface area contributed by atoms with E-state index in [1.165, 1.54) is 25.6 Å². The number of amides is 3. The van der Waals surface area contributed by atoms with Crippen molar-refractivity contribution < 1.29 is 43.7 Å². The standard InChI is InChI=1S/C23H25N9O8S2/c1-23(2,21(38)39)40-27-13(16-26-22(24)42-28-16)17(34)25-14-18(35)32-15(20(36)37)11(9-41-19(14)32)8-30-7-4-12-29(10-33)5-3-6-31(12)30/h4,7,10,14,19H,3,5-6,8-9H2,1-2H3,(H4-,24,25,26,28,34,36,37,38,39)/t14-,19-/m1/s1. The van der Waals surface area contributed by atoms with Crippen LogP contribution in [0.2, 0.25) is 0 Å². The highest BCUT2D eigenvalue weighted by Crippen LogP contribution is 2.40. The summed E-state index contributed by atoms with van der Waals surface area (Å²) < 4.78 is 7.57. The summed E-state index contributed by atoms with van der Waals surface area (Å²) in [6.45, 7) is 3.78. The van der Waals surface area contributed by atoms with Gasteiger partial charge in [0.1, 0.15) is 11.4 Å². The third-order valence-corrected chi connectivity index (χ3v) is 8.67. The van der Waals surface area contributed by atoms with Crippen LogP contribution < -0.4 is 25.7 Å². The minimum atomic E-state index is -1.80. The summed E-state index contributed by atoms with van der Waals surface area (Å²) in [7, 11) is 0. The van der Waals surface area contributed by atoms with Gasteiger partial charge in [-0.1, -0.05) is 5.16 Å². The summed E-state index contributed by atoms with van der Waals surface area (Å²) in [6, 6.07) is 0.624. The van der Waals surface area contributed by atoms with Crippen molar-refractivity contribution in [2.24, 2.45) is 5.16 Å². The molecular formula is C23H25N9O8S2. The van der Waals surface area contributed by atoms with Crippen LogP contribution in [0.5, 0.6) is 0 Å². The Kier molecular flexibility index (Phi) is 7.62. The van der Waals surface area contributed by atoms with Gasteiger partial charge in [-0.25, -0.2) is 4.79 Å². The molecule has 3 amide bonds. The third-order valence-electron chi connectivity index (χ3n) is 6.79. The number of β-lactam (4-membered cyclic amide) rings is 1. The Bertz CT molecular complexity index is 1550. The number of carboxylic acids is 2. The molecule has 2 atom stereocenters. The molecule has 0 radical (unpaired) electrons. The van der Waals surface area contributed by atoms with Crippen molar-refractivity contribution in [3.63, 3.8) is 0 Å². The maximum atomic E-state index is 13.2. The number of nitrogens with two attached hydrogens (primary N) is 1. The van der Waals surface area contributed by atoms with Gasteiger partial charge >= 0.3 is 5.97 Å². The lowest BCUT2D eigenvalue weighted by molar-refractivity contribution is -0.768. The number of nitrogens with zero attached hydrogens (tertiary/aromatic N) is 7. The number of carbonyl (C=O) groups is 5. The van der Waals surface area contributed by atoms with E-state index in [1.807, 2.05) is 4.68 Å². The quantitative estimate of drug-likeness (QED) is 0.0809. The molecule has 4 N–H and O–H groups in total. The number of aliphatic carboxylic acids is 2. The second-order valence-corrected chi connectivity index (χ2v) is 11.8. The fraction of sp³-hybridized carbons (Fsp3) is 0.435. The second-order valence-electron chi connectivity index (χ2n) is 9.95. The summed E-state index contributed by atoms with van der Waals surface area (Å²) in [6.07, 6.45) is 3.20. The number of nitrogen functional groups attached to an aromatic ring is 1. The summed E-state index contributed by atoms with van der Waals surface area (Å²) in [5, 5.41) is 26.9. The van der Waals surface area contributed by atoms with Crippen molar-refractivity contribution in [2.45, 2.75) is 50.4 Å². The Morgan fingerprint density at radius 2 is 2.14 bits per heavy atom. The maximum Gasteiger partial charge on any atom is 0.350 e. The molecule has 2 aromatic heterocycles. The van der Waals surface area contributed by atoms with Gasteiger partial charge in [-0.2, -0.15) is 9.36 Å². The molecule has 0 aromatic carbocycles. The van der Waals surface area contributed by atoms with Gasteiger partial charge in [0.2, 0.25) is 23.5 Å². The molecule has 0 bridgehead atoms. The van der Waals surface area contributed by atoms with E-state index in [1.54, 1.807) is 21.8 Å². The molecule has 2 aromatic rings. The van der Waals surface area contributed by atoms with Gasteiger partial charge in [0.25, 0.3) is 11.8 Å². The van der Waals surface area contributed by atoms with Gasteiger partial charge in [-0.15, -0.1) is 21.1 Å². The highest BCUT2D eigenvalue weighted by molar-refractivity contribution is 8.00. The van der Waals surface area contributed by atoms with Crippen LogP contribution in [-0.4, -0.2) is 89.2 Å². The van der Waals surface area contributed by atoms with Crippen LogP contribution in [-0.2, 0) is 41.9 Å². The van der Waals surface area contributed by atoms with Crippen LogP contribution in [0, 0.1) is 0 Å². The summed E-state index contributed by atoms with van der Waals surface area (Å²) in [4.78, 5) is 73.0. The van der Waals surface area contributed by atoms with E-state index in [4.69, 9.17) is 10.6 Å². The van der Waals surface area contributed by atoms with Crippen LogP contribution in [0.4, 0.5) is 10.9 Å². The van der Waals surface area contributed by atoms with Gasteiger partial charge < -0.3 is 30.9 Å². The molecule has 5 rings (SSSR count). The molecule has 3 aliphatic heterocycles. The van der Waals surface area contributed by atoms with Crippen LogP contribution in [0.3, 0.4) is 0 Å². The molecule has 0 unspecified atom stereocenters. The average molecular weight is 620 g/mol. The zero-order valence-corrected chi connectivity index (χ0v) is 23.9. The molecule has 0 spiro atoms. The number of anilines is 2. The van der Waals surface area contributed by atoms with Crippen molar-refractivity contribution in [3.8, 4) is 0 Å². The largest absolute Gasteiger partial charge is 0.543 e. The van der Waals surface area contributed by atoms with Crippen molar-refractivity contribution in [3.05, 3.63) is 29.4 Å². The van der Waals surface area contributed by atoms with Gasteiger partial charge in [-0.05, 0) is 20.3 Å². The molecule has 3 aliphatic rings. The first-order valence-corrected chi connectivity index (χ1v) is 14.3. The van der Waals surface area contributed by atoms with Crippen LogP contribution in [0.1, 0.15) is 26.1 Å². The Balaban J connectivity index is 1.36. The number of oxime groups is 1. The smallest absolute Gasteiger partial charge is 0.350 e. The van der Waals surface area contributed by atoms with E-state index >= 15 is 0 Å². The normalized spacial score (nSPS) is 20.4. The zero-order valence-electron chi connectivity index (χ0n) is 22.3. The number of carbonyl (C=O) groups excluding carboxylic acids is 4. The highest BCUT2D eigenvalue weighted by atomic mass is 32.2. The van der Waals surface area contributed by atoms with E-state index in [0.717, 1.165) is 29.3 Å². The van der Waals surface area contributed by atoms with E-state index in [0.29, 0.717) is 24.5 Å². The van der Waals surface area contributed by atoms with E-state index in [2.05, 4.69) is 19.8 Å². The van der Waals surface area contributed by atoms with E-state index in [9.17, 15) is 34.2 Å². The molecule has 19 heteroatoms. The van der Waals surface area contributed by atoms with Gasteiger partial charge in [-0.3, -0.25) is 24.2 Å².